The number of sulfonamides is 1. The number of hydrogen-bond acceptors (Lipinski definition) is 6. The number of hydrogen-bond donors (Lipinski definition) is 3. The van der Waals surface area contributed by atoms with E-state index in [1.54, 1.807) is 0 Å². The Kier molecular flexibility index (Phi) is 3.09. The number of nitrogens with one attached hydrogen (secondary N) is 2. The second-order valence-electron chi connectivity index (χ2n) is 3.48. The summed E-state index contributed by atoms with van der Waals surface area (Å²) in [6.07, 6.45) is 1.24. The molecule has 0 unspecified atom stereocenters. The van der Waals surface area contributed by atoms with Crippen molar-refractivity contribution in [2.75, 3.05) is 4.72 Å². The Morgan fingerprint density at radius 1 is 1.37 bits per heavy atom. The Balaban J connectivity index is 2.39. The molecule has 9 nitrogen and oxygen atoms in total. The molecule has 2 aromatic rings. The topological polar surface area (TPSA) is 138 Å². The number of nitro benzene ring substituents is 1. The summed E-state index contributed by atoms with van der Waals surface area (Å²) >= 11 is 0. The van der Waals surface area contributed by atoms with Gasteiger partial charge in [0, 0.05) is 12.1 Å². The molecular formula is C9H8N4O5S. The van der Waals surface area contributed by atoms with Gasteiger partial charge in [0.05, 0.1) is 16.8 Å². The quantitative estimate of drug-likeness (QED) is 0.431. The van der Waals surface area contributed by atoms with Crippen LogP contribution in [0.1, 0.15) is 0 Å². The fourth-order valence-corrected chi connectivity index (χ4v) is 2.29. The van der Waals surface area contributed by atoms with Gasteiger partial charge in [0.25, 0.3) is 15.7 Å². The van der Waals surface area contributed by atoms with Gasteiger partial charge in [-0.3, -0.25) is 19.9 Å². The first-order valence-corrected chi connectivity index (χ1v) is 6.38. The van der Waals surface area contributed by atoms with E-state index in [1.807, 2.05) is 4.72 Å². The normalized spacial score (nSPS) is 11.2. The number of phenolic OH excluding ortho intramolecular Hbond substituents is 1. The largest absolute Gasteiger partial charge is 0.506 e. The molecule has 0 atom stereocenters. The molecule has 1 aromatic heterocycles. The van der Waals surface area contributed by atoms with Gasteiger partial charge in [0.15, 0.2) is 5.03 Å². The molecule has 0 fully saturated rings. The van der Waals surface area contributed by atoms with Gasteiger partial charge in [-0.15, -0.1) is 0 Å². The maximum atomic E-state index is 11.8. The van der Waals surface area contributed by atoms with Crippen molar-refractivity contribution in [3.63, 3.8) is 0 Å². The standard InChI is InChI=1S/C9H8N4O5S/c14-8-2-1-6(13(15)16)5-7(8)12-19(17,18)9-3-4-10-11-9/h1-5,12,14H,(H,10,11). The Bertz CT molecular complexity index is 710. The van der Waals surface area contributed by atoms with Crippen LogP contribution in [-0.4, -0.2) is 28.6 Å². The summed E-state index contributed by atoms with van der Waals surface area (Å²) in [7, 11) is -3.99. The summed E-state index contributed by atoms with van der Waals surface area (Å²) in [5, 5.41) is 25.6. The number of aromatic amines is 1. The van der Waals surface area contributed by atoms with E-state index in [0.717, 1.165) is 18.2 Å². The van der Waals surface area contributed by atoms with Crippen LogP contribution < -0.4 is 4.72 Å². The maximum Gasteiger partial charge on any atom is 0.278 e. The van der Waals surface area contributed by atoms with Gasteiger partial charge in [-0.25, -0.2) is 0 Å². The van der Waals surface area contributed by atoms with Gasteiger partial charge in [-0.2, -0.15) is 13.5 Å². The molecule has 0 aliphatic heterocycles. The third-order valence-corrected chi connectivity index (χ3v) is 3.50. The minimum atomic E-state index is -3.99. The van der Waals surface area contributed by atoms with Gasteiger partial charge in [0.2, 0.25) is 0 Å². The average molecular weight is 284 g/mol. The fraction of sp³-hybridized carbons (Fsp3) is 0. The molecule has 0 saturated heterocycles. The summed E-state index contributed by atoms with van der Waals surface area (Å²) in [6.45, 7) is 0. The second kappa shape index (κ2) is 4.57. The van der Waals surface area contributed by atoms with Crippen molar-refractivity contribution in [3.8, 4) is 5.75 Å². The Hall–Kier alpha value is -2.62. The molecule has 19 heavy (non-hydrogen) atoms. The number of rotatable bonds is 4. The minimum absolute atomic E-state index is 0.224. The molecule has 0 aliphatic carbocycles. The van der Waals surface area contributed by atoms with Gasteiger partial charge in [-0.1, -0.05) is 0 Å². The molecule has 2 rings (SSSR count). The minimum Gasteiger partial charge on any atom is -0.506 e. The van der Waals surface area contributed by atoms with Crippen molar-refractivity contribution in [1.29, 1.82) is 0 Å². The average Bonchev–Trinajstić information content (AvgIpc) is 2.85. The van der Waals surface area contributed by atoms with Crippen LogP contribution in [0.5, 0.6) is 5.75 Å². The number of benzene rings is 1. The molecular weight excluding hydrogens is 276 g/mol. The lowest BCUT2D eigenvalue weighted by Crippen LogP contribution is -2.13. The summed E-state index contributed by atoms with van der Waals surface area (Å²) < 4.78 is 25.7. The number of anilines is 1. The first-order valence-electron chi connectivity index (χ1n) is 4.90. The zero-order valence-corrected chi connectivity index (χ0v) is 10.1. The number of non-ortho nitro benzene ring substituents is 1. The number of aromatic nitrogens is 2. The van der Waals surface area contributed by atoms with E-state index < -0.39 is 20.7 Å². The van der Waals surface area contributed by atoms with E-state index in [-0.39, 0.29) is 16.4 Å². The van der Waals surface area contributed by atoms with Crippen molar-refractivity contribution in [2.45, 2.75) is 5.03 Å². The Morgan fingerprint density at radius 3 is 2.68 bits per heavy atom. The fourth-order valence-electron chi connectivity index (χ4n) is 1.31. The van der Waals surface area contributed by atoms with Gasteiger partial charge >= 0.3 is 0 Å². The highest BCUT2D eigenvalue weighted by Crippen LogP contribution is 2.29. The third-order valence-electron chi connectivity index (χ3n) is 2.20. The number of phenols is 1. The molecule has 1 heterocycles. The number of nitro groups is 1. The zero-order chi connectivity index (χ0) is 14.0. The van der Waals surface area contributed by atoms with Crippen LogP contribution in [0.2, 0.25) is 0 Å². The first kappa shape index (κ1) is 12.8. The smallest absolute Gasteiger partial charge is 0.278 e. The van der Waals surface area contributed by atoms with Crippen molar-refractivity contribution < 1.29 is 18.4 Å². The predicted molar refractivity (Wildman–Crippen MR) is 64.2 cm³/mol. The third kappa shape index (κ3) is 2.63. The number of nitrogens with zero attached hydrogens (tertiary/aromatic N) is 2. The van der Waals surface area contributed by atoms with Crippen LogP contribution in [0.4, 0.5) is 11.4 Å². The highest BCUT2D eigenvalue weighted by molar-refractivity contribution is 7.92. The van der Waals surface area contributed by atoms with Crippen LogP contribution in [0, 0.1) is 10.1 Å². The maximum absolute atomic E-state index is 11.8. The molecule has 10 heteroatoms. The number of aromatic hydroxyl groups is 1. The van der Waals surface area contributed by atoms with E-state index in [2.05, 4.69) is 10.2 Å². The molecule has 0 bridgehead atoms. The lowest BCUT2D eigenvalue weighted by atomic mass is 10.2. The lowest BCUT2D eigenvalue weighted by Gasteiger charge is -2.07. The summed E-state index contributed by atoms with van der Waals surface area (Å²) in [6, 6.07) is 4.21. The summed E-state index contributed by atoms with van der Waals surface area (Å²) in [4.78, 5) is 9.89. The van der Waals surface area contributed by atoms with Crippen molar-refractivity contribution in [2.24, 2.45) is 0 Å². The number of H-pyrrole nitrogens is 1. The van der Waals surface area contributed by atoms with E-state index >= 15 is 0 Å². The van der Waals surface area contributed by atoms with Crippen LogP contribution in [-0.2, 0) is 10.0 Å². The van der Waals surface area contributed by atoms with Crippen LogP contribution >= 0.6 is 0 Å². The molecule has 0 aliphatic rings. The van der Waals surface area contributed by atoms with Crippen molar-refractivity contribution in [1.82, 2.24) is 10.2 Å². The Morgan fingerprint density at radius 2 is 2.11 bits per heavy atom. The predicted octanol–water partition coefficient (Wildman–Crippen LogP) is 0.824. The van der Waals surface area contributed by atoms with E-state index in [4.69, 9.17) is 0 Å². The lowest BCUT2D eigenvalue weighted by molar-refractivity contribution is -0.384. The van der Waals surface area contributed by atoms with E-state index in [9.17, 15) is 23.6 Å². The molecule has 0 saturated carbocycles. The molecule has 0 amide bonds. The van der Waals surface area contributed by atoms with Crippen LogP contribution in [0.25, 0.3) is 0 Å². The monoisotopic (exact) mass is 284 g/mol. The van der Waals surface area contributed by atoms with Crippen LogP contribution in [0.3, 0.4) is 0 Å². The van der Waals surface area contributed by atoms with E-state index in [0.29, 0.717) is 0 Å². The van der Waals surface area contributed by atoms with Crippen LogP contribution in [0.15, 0.2) is 35.5 Å². The SMILES string of the molecule is O=[N+]([O-])c1ccc(O)c(NS(=O)(=O)c2ccn[nH]2)c1. The highest BCUT2D eigenvalue weighted by atomic mass is 32.2. The van der Waals surface area contributed by atoms with Crippen molar-refractivity contribution >= 4 is 21.4 Å². The van der Waals surface area contributed by atoms with Gasteiger partial charge in [0.1, 0.15) is 5.75 Å². The molecule has 100 valence electrons. The second-order valence-corrected chi connectivity index (χ2v) is 5.14. The molecule has 1 aromatic carbocycles. The summed E-state index contributed by atoms with van der Waals surface area (Å²) in [5.74, 6) is -0.423. The summed E-state index contributed by atoms with van der Waals surface area (Å²) in [5.41, 5.74) is -0.635. The Labute approximate surface area is 107 Å². The highest BCUT2D eigenvalue weighted by Gasteiger charge is 2.19. The van der Waals surface area contributed by atoms with Gasteiger partial charge in [-0.05, 0) is 12.1 Å². The molecule has 0 spiro atoms. The van der Waals surface area contributed by atoms with Gasteiger partial charge < -0.3 is 5.11 Å². The molecule has 0 radical (unpaired) electrons. The first-order chi connectivity index (χ1) is 8.90. The van der Waals surface area contributed by atoms with E-state index in [1.165, 1.54) is 12.3 Å². The molecule has 3 N–H and O–H groups in total. The zero-order valence-electron chi connectivity index (χ0n) is 9.27. The van der Waals surface area contributed by atoms with Crippen molar-refractivity contribution in [3.05, 3.63) is 40.6 Å².